The topological polar surface area (TPSA) is 79.9 Å². The van der Waals surface area contributed by atoms with E-state index in [9.17, 15) is 10.1 Å². The molecule has 0 spiro atoms. The third-order valence-corrected chi connectivity index (χ3v) is 5.21. The van der Waals surface area contributed by atoms with Crippen molar-refractivity contribution in [2.24, 2.45) is 0 Å². The molecular weight excluding hydrogens is 436 g/mol. The van der Waals surface area contributed by atoms with Crippen LogP contribution < -0.4 is 10.1 Å². The fourth-order valence-electron chi connectivity index (χ4n) is 3.44. The zero-order chi connectivity index (χ0) is 24.5. The van der Waals surface area contributed by atoms with E-state index in [1.165, 1.54) is 0 Å². The second kappa shape index (κ2) is 11.3. The van der Waals surface area contributed by atoms with E-state index in [4.69, 9.17) is 9.84 Å². The fourth-order valence-corrected chi connectivity index (χ4v) is 3.44. The van der Waals surface area contributed by atoms with Crippen LogP contribution >= 0.6 is 0 Å². The summed E-state index contributed by atoms with van der Waals surface area (Å²) in [6.07, 6.45) is 4.93. The first-order valence-electron chi connectivity index (χ1n) is 11.1. The number of hydrogen-bond acceptors (Lipinski definition) is 4. The molecule has 0 bridgehead atoms. The fraction of sp³-hybridized carbons (Fsp3) is 0.0690. The van der Waals surface area contributed by atoms with Crippen molar-refractivity contribution >= 4 is 12.0 Å². The van der Waals surface area contributed by atoms with Crippen molar-refractivity contribution in [2.45, 2.75) is 6.61 Å². The molecule has 172 valence electrons. The van der Waals surface area contributed by atoms with Gasteiger partial charge in [-0.15, -0.1) is 6.58 Å². The Kier molecular flexibility index (Phi) is 7.52. The van der Waals surface area contributed by atoms with E-state index in [-0.39, 0.29) is 12.1 Å². The monoisotopic (exact) mass is 460 g/mol. The molecule has 1 heterocycles. The van der Waals surface area contributed by atoms with Crippen LogP contribution in [0, 0.1) is 11.3 Å². The van der Waals surface area contributed by atoms with Crippen LogP contribution in [0.25, 0.3) is 23.0 Å². The molecule has 0 aliphatic carbocycles. The van der Waals surface area contributed by atoms with Crippen molar-refractivity contribution in [3.63, 3.8) is 0 Å². The summed E-state index contributed by atoms with van der Waals surface area (Å²) in [6, 6.07) is 29.2. The maximum absolute atomic E-state index is 12.4. The largest absolute Gasteiger partial charge is 0.489 e. The maximum atomic E-state index is 12.4. The first-order valence-corrected chi connectivity index (χ1v) is 11.1. The molecule has 35 heavy (non-hydrogen) atoms. The summed E-state index contributed by atoms with van der Waals surface area (Å²) in [5.41, 5.74) is 4.07. The van der Waals surface area contributed by atoms with E-state index in [0.29, 0.717) is 17.9 Å². The SMILES string of the molecule is C=CCNC(=O)/C(C#N)=C/c1cn(-c2ccccc2)nc1-c1ccc(OCc2ccccc2)cc1. The van der Waals surface area contributed by atoms with Gasteiger partial charge in [-0.2, -0.15) is 10.4 Å². The van der Waals surface area contributed by atoms with Crippen molar-refractivity contribution in [2.75, 3.05) is 6.54 Å². The highest BCUT2D eigenvalue weighted by molar-refractivity contribution is 6.02. The second-order valence-corrected chi connectivity index (χ2v) is 7.68. The minimum absolute atomic E-state index is 0.0106. The van der Waals surface area contributed by atoms with Crippen LogP contribution in [-0.2, 0) is 11.4 Å². The molecule has 1 aromatic heterocycles. The van der Waals surface area contributed by atoms with Crippen LogP contribution in [0.2, 0.25) is 0 Å². The number of rotatable bonds is 9. The smallest absolute Gasteiger partial charge is 0.262 e. The molecule has 6 nitrogen and oxygen atoms in total. The number of carbonyl (C=O) groups excluding carboxylic acids is 1. The lowest BCUT2D eigenvalue weighted by Crippen LogP contribution is -2.24. The predicted octanol–water partition coefficient (Wildman–Crippen LogP) is 5.33. The Morgan fingerprint density at radius 3 is 2.37 bits per heavy atom. The molecule has 0 saturated carbocycles. The van der Waals surface area contributed by atoms with Gasteiger partial charge in [-0.1, -0.05) is 54.6 Å². The highest BCUT2D eigenvalue weighted by atomic mass is 16.5. The quantitative estimate of drug-likeness (QED) is 0.208. The van der Waals surface area contributed by atoms with Crippen LogP contribution in [-0.4, -0.2) is 22.2 Å². The molecule has 3 aromatic carbocycles. The summed E-state index contributed by atoms with van der Waals surface area (Å²) >= 11 is 0. The molecule has 0 aliphatic rings. The van der Waals surface area contributed by atoms with Crippen LogP contribution in [0.3, 0.4) is 0 Å². The first kappa shape index (κ1) is 23.3. The summed E-state index contributed by atoms with van der Waals surface area (Å²) in [4.78, 5) is 12.4. The van der Waals surface area contributed by atoms with Gasteiger partial charge in [0.25, 0.3) is 5.91 Å². The molecule has 1 N–H and O–H groups in total. The third kappa shape index (κ3) is 5.92. The van der Waals surface area contributed by atoms with E-state index in [2.05, 4.69) is 11.9 Å². The lowest BCUT2D eigenvalue weighted by molar-refractivity contribution is -0.116. The Hall–Kier alpha value is -4.89. The number of amides is 1. The second-order valence-electron chi connectivity index (χ2n) is 7.68. The number of nitrogens with one attached hydrogen (secondary N) is 1. The molecule has 0 radical (unpaired) electrons. The van der Waals surface area contributed by atoms with Gasteiger partial charge < -0.3 is 10.1 Å². The molecule has 0 atom stereocenters. The molecule has 1 amide bonds. The summed E-state index contributed by atoms with van der Waals surface area (Å²) in [6.45, 7) is 4.34. The molecule has 4 rings (SSSR count). The summed E-state index contributed by atoms with van der Waals surface area (Å²) in [7, 11) is 0. The van der Waals surface area contributed by atoms with E-state index in [1.54, 1.807) is 16.8 Å². The van der Waals surface area contributed by atoms with Gasteiger partial charge in [0.1, 0.15) is 24.0 Å². The van der Waals surface area contributed by atoms with Crippen LogP contribution in [0.15, 0.2) is 109 Å². The van der Waals surface area contributed by atoms with E-state index in [0.717, 1.165) is 22.6 Å². The van der Waals surface area contributed by atoms with Crippen LogP contribution in [0.1, 0.15) is 11.1 Å². The van der Waals surface area contributed by atoms with Gasteiger partial charge >= 0.3 is 0 Å². The maximum Gasteiger partial charge on any atom is 0.262 e. The highest BCUT2D eigenvalue weighted by Crippen LogP contribution is 2.28. The normalized spacial score (nSPS) is 10.9. The lowest BCUT2D eigenvalue weighted by Gasteiger charge is -2.07. The Labute approximate surface area is 204 Å². The van der Waals surface area contributed by atoms with Crippen molar-refractivity contribution in [3.8, 4) is 28.8 Å². The molecule has 4 aromatic rings. The average molecular weight is 461 g/mol. The zero-order valence-electron chi connectivity index (χ0n) is 19.1. The van der Waals surface area contributed by atoms with Gasteiger partial charge in [-0.05, 0) is 48.0 Å². The van der Waals surface area contributed by atoms with Gasteiger partial charge in [-0.25, -0.2) is 4.68 Å². The van der Waals surface area contributed by atoms with Crippen molar-refractivity contribution in [1.29, 1.82) is 5.26 Å². The summed E-state index contributed by atoms with van der Waals surface area (Å²) < 4.78 is 7.63. The lowest BCUT2D eigenvalue weighted by atomic mass is 10.1. The molecular formula is C29H24N4O2. The van der Waals surface area contributed by atoms with Gasteiger partial charge in [0.15, 0.2) is 0 Å². The Morgan fingerprint density at radius 1 is 1.03 bits per heavy atom. The van der Waals surface area contributed by atoms with Gasteiger partial charge in [-0.3, -0.25) is 4.79 Å². The zero-order valence-corrected chi connectivity index (χ0v) is 19.1. The number of benzene rings is 3. The Morgan fingerprint density at radius 2 is 1.71 bits per heavy atom. The highest BCUT2D eigenvalue weighted by Gasteiger charge is 2.15. The molecule has 0 aliphatic heterocycles. The van der Waals surface area contributed by atoms with Crippen LogP contribution in [0.5, 0.6) is 5.75 Å². The summed E-state index contributed by atoms with van der Waals surface area (Å²) in [5, 5.41) is 17.0. The number of para-hydroxylation sites is 1. The standard InChI is InChI=1S/C29H24N4O2/c1-2-17-31-29(34)24(19-30)18-25-20-33(26-11-7-4-8-12-26)32-28(25)23-13-15-27(16-14-23)35-21-22-9-5-3-6-10-22/h2-16,18,20H,1,17,21H2,(H,31,34)/b24-18+. The minimum Gasteiger partial charge on any atom is -0.489 e. The number of nitrogens with zero attached hydrogens (tertiary/aromatic N) is 3. The third-order valence-electron chi connectivity index (χ3n) is 5.21. The number of aromatic nitrogens is 2. The number of nitriles is 1. The van der Waals surface area contributed by atoms with Crippen LogP contribution in [0.4, 0.5) is 0 Å². The molecule has 0 saturated heterocycles. The van der Waals surface area contributed by atoms with Gasteiger partial charge in [0.05, 0.1) is 11.4 Å². The van der Waals surface area contributed by atoms with Crippen molar-refractivity contribution in [1.82, 2.24) is 15.1 Å². The van der Waals surface area contributed by atoms with Crippen molar-refractivity contribution < 1.29 is 9.53 Å². The molecule has 6 heteroatoms. The number of carbonyl (C=O) groups is 1. The van der Waals surface area contributed by atoms with Gasteiger partial charge in [0, 0.05) is 23.9 Å². The number of ether oxygens (including phenoxy) is 1. The van der Waals surface area contributed by atoms with Gasteiger partial charge in [0.2, 0.25) is 0 Å². The van der Waals surface area contributed by atoms with Crippen molar-refractivity contribution in [3.05, 3.63) is 120 Å². The molecule has 0 fully saturated rings. The van der Waals surface area contributed by atoms with E-state index < -0.39 is 5.91 Å². The Balaban J connectivity index is 1.65. The summed E-state index contributed by atoms with van der Waals surface area (Å²) in [5.74, 6) is 0.272. The van der Waals surface area contributed by atoms with E-state index in [1.807, 2.05) is 97.2 Å². The average Bonchev–Trinajstić information content (AvgIpc) is 3.34. The minimum atomic E-state index is -0.463. The first-order chi connectivity index (χ1) is 17.2. The Bertz CT molecular complexity index is 1370. The predicted molar refractivity (Wildman–Crippen MR) is 137 cm³/mol. The number of hydrogen-bond donors (Lipinski definition) is 1. The van der Waals surface area contributed by atoms with E-state index >= 15 is 0 Å². The molecule has 0 unspecified atom stereocenters.